The second kappa shape index (κ2) is 7.81. The van der Waals surface area contributed by atoms with Crippen LogP contribution in [-0.2, 0) is 11.8 Å². The number of ether oxygens (including phenoxy) is 1. The third-order valence-corrected chi connectivity index (χ3v) is 4.80. The van der Waals surface area contributed by atoms with E-state index in [4.69, 9.17) is 27.3 Å². The molecule has 1 saturated heterocycles. The predicted molar refractivity (Wildman–Crippen MR) is 109 cm³/mol. The zero-order valence-electron chi connectivity index (χ0n) is 15.8. The molecule has 144 valence electrons. The summed E-state index contributed by atoms with van der Waals surface area (Å²) in [5.74, 6) is 0.839. The van der Waals surface area contributed by atoms with E-state index in [9.17, 15) is 0 Å². The Morgan fingerprint density at radius 1 is 1.41 bits per heavy atom. The largest absolute Gasteiger partial charge is 0.404 e. The van der Waals surface area contributed by atoms with Crippen molar-refractivity contribution in [2.45, 2.75) is 13.0 Å². The van der Waals surface area contributed by atoms with Gasteiger partial charge in [0.25, 0.3) is 0 Å². The SMILES string of the molecule is C[C@H]1CN(c2cc(C(=N)c3cc(/C(=C/N)CN)ccc3N)n(C)n2)CCO1. The van der Waals surface area contributed by atoms with Gasteiger partial charge >= 0.3 is 0 Å². The summed E-state index contributed by atoms with van der Waals surface area (Å²) in [5.41, 5.74) is 21.4. The minimum atomic E-state index is 0.161. The standard InChI is InChI=1S/C19H27N7O/c1-12-11-26(5-6-27-12)18-8-17(25(2)24-18)19(23)15-7-13(3-4-16(15)22)14(9-20)10-21/h3-4,7-9,12,23H,5-6,10-11,20-22H2,1-2H3/b14-9+,23-19?/t12-/m0/s1. The Morgan fingerprint density at radius 2 is 2.19 bits per heavy atom. The molecule has 1 fully saturated rings. The van der Waals surface area contributed by atoms with Gasteiger partial charge in [0.1, 0.15) is 0 Å². The number of nitrogens with zero attached hydrogens (tertiary/aromatic N) is 3. The highest BCUT2D eigenvalue weighted by molar-refractivity contribution is 6.13. The number of anilines is 2. The summed E-state index contributed by atoms with van der Waals surface area (Å²) in [7, 11) is 1.84. The second-order valence-corrected chi connectivity index (χ2v) is 6.71. The second-order valence-electron chi connectivity index (χ2n) is 6.71. The average Bonchev–Trinajstić information content (AvgIpc) is 3.05. The normalized spacial score (nSPS) is 18.0. The Kier molecular flexibility index (Phi) is 5.48. The van der Waals surface area contributed by atoms with Gasteiger partial charge in [-0.25, -0.2) is 0 Å². The minimum absolute atomic E-state index is 0.161. The first-order valence-electron chi connectivity index (χ1n) is 8.95. The number of aryl methyl sites for hydroxylation is 1. The third kappa shape index (κ3) is 3.81. The molecule has 3 rings (SSSR count). The van der Waals surface area contributed by atoms with E-state index in [1.807, 2.05) is 32.2 Å². The number of nitrogens with two attached hydrogens (primary N) is 3. The lowest BCUT2D eigenvalue weighted by molar-refractivity contribution is 0.0529. The van der Waals surface area contributed by atoms with Crippen molar-refractivity contribution in [1.29, 1.82) is 5.41 Å². The van der Waals surface area contributed by atoms with Gasteiger partial charge in [0.15, 0.2) is 5.82 Å². The maximum atomic E-state index is 8.71. The van der Waals surface area contributed by atoms with Crippen molar-refractivity contribution in [3.8, 4) is 0 Å². The lowest BCUT2D eigenvalue weighted by Crippen LogP contribution is -2.41. The molecule has 2 heterocycles. The Hall–Kier alpha value is -2.84. The van der Waals surface area contributed by atoms with Crippen molar-refractivity contribution in [2.75, 3.05) is 36.9 Å². The molecule has 1 atom stereocenters. The molecular formula is C19H27N7O. The summed E-state index contributed by atoms with van der Waals surface area (Å²) in [6, 6.07) is 7.42. The summed E-state index contributed by atoms with van der Waals surface area (Å²) in [5, 5.41) is 13.3. The molecule has 0 radical (unpaired) electrons. The van der Waals surface area contributed by atoms with E-state index in [1.165, 1.54) is 6.20 Å². The fourth-order valence-corrected chi connectivity index (χ4v) is 3.26. The zero-order chi connectivity index (χ0) is 19.6. The first-order valence-corrected chi connectivity index (χ1v) is 8.95. The Balaban J connectivity index is 1.93. The van der Waals surface area contributed by atoms with Gasteiger partial charge in [0.05, 0.1) is 24.1 Å². The molecule has 8 nitrogen and oxygen atoms in total. The van der Waals surface area contributed by atoms with Gasteiger partial charge < -0.3 is 26.8 Å². The van der Waals surface area contributed by atoms with Crippen LogP contribution in [0.1, 0.15) is 23.7 Å². The lowest BCUT2D eigenvalue weighted by Gasteiger charge is -2.31. The molecule has 2 aromatic rings. The molecule has 1 aliphatic rings. The number of aromatic nitrogens is 2. The first-order chi connectivity index (χ1) is 12.9. The number of benzene rings is 1. The summed E-state index contributed by atoms with van der Waals surface area (Å²) in [6.07, 6.45) is 1.65. The van der Waals surface area contributed by atoms with Crippen LogP contribution in [0.3, 0.4) is 0 Å². The summed E-state index contributed by atoms with van der Waals surface area (Å²) < 4.78 is 7.31. The van der Waals surface area contributed by atoms with Crippen LogP contribution >= 0.6 is 0 Å². The molecule has 0 amide bonds. The van der Waals surface area contributed by atoms with E-state index in [0.717, 1.165) is 30.0 Å². The fraction of sp³-hybridized carbons (Fsp3) is 0.368. The average molecular weight is 369 g/mol. The van der Waals surface area contributed by atoms with E-state index in [-0.39, 0.29) is 6.10 Å². The predicted octanol–water partition coefficient (Wildman–Crippen LogP) is 0.902. The van der Waals surface area contributed by atoms with Crippen molar-refractivity contribution in [1.82, 2.24) is 9.78 Å². The molecule has 1 aromatic heterocycles. The fourth-order valence-electron chi connectivity index (χ4n) is 3.26. The topological polar surface area (TPSA) is 132 Å². The molecule has 0 aliphatic carbocycles. The highest BCUT2D eigenvalue weighted by atomic mass is 16.5. The van der Waals surface area contributed by atoms with Crippen LogP contribution in [0.5, 0.6) is 0 Å². The molecule has 27 heavy (non-hydrogen) atoms. The highest BCUT2D eigenvalue weighted by Gasteiger charge is 2.22. The van der Waals surface area contributed by atoms with Crippen molar-refractivity contribution in [3.63, 3.8) is 0 Å². The minimum Gasteiger partial charge on any atom is -0.404 e. The number of morpholine rings is 1. The van der Waals surface area contributed by atoms with Crippen LogP contribution in [0.2, 0.25) is 0 Å². The third-order valence-electron chi connectivity index (χ3n) is 4.80. The molecule has 8 heteroatoms. The lowest BCUT2D eigenvalue weighted by atomic mass is 9.98. The number of nitrogen functional groups attached to an aromatic ring is 1. The van der Waals surface area contributed by atoms with Crippen molar-refractivity contribution >= 4 is 22.8 Å². The van der Waals surface area contributed by atoms with Gasteiger partial charge in [-0.05, 0) is 36.4 Å². The molecule has 0 saturated carbocycles. The molecule has 0 bridgehead atoms. The number of hydrogen-bond acceptors (Lipinski definition) is 7. The summed E-state index contributed by atoms with van der Waals surface area (Å²) >= 11 is 0. The van der Waals surface area contributed by atoms with Crippen LogP contribution in [0.4, 0.5) is 11.5 Å². The molecule has 0 unspecified atom stereocenters. The van der Waals surface area contributed by atoms with E-state index in [2.05, 4.69) is 10.00 Å². The summed E-state index contributed by atoms with van der Waals surface area (Å²) in [4.78, 5) is 2.18. The van der Waals surface area contributed by atoms with Crippen molar-refractivity contribution in [2.24, 2.45) is 18.5 Å². The molecule has 1 aliphatic heterocycles. The van der Waals surface area contributed by atoms with E-state index in [0.29, 0.717) is 35.8 Å². The number of hydrogen-bond donors (Lipinski definition) is 4. The van der Waals surface area contributed by atoms with Crippen molar-refractivity contribution < 1.29 is 4.74 Å². The molecule has 7 N–H and O–H groups in total. The van der Waals surface area contributed by atoms with Gasteiger partial charge in [-0.1, -0.05) is 6.07 Å². The van der Waals surface area contributed by atoms with E-state index in [1.54, 1.807) is 10.7 Å². The van der Waals surface area contributed by atoms with Gasteiger partial charge in [-0.2, -0.15) is 5.10 Å². The first kappa shape index (κ1) is 18.9. The maximum Gasteiger partial charge on any atom is 0.151 e. The van der Waals surface area contributed by atoms with Crippen LogP contribution in [0, 0.1) is 5.41 Å². The molecule has 0 spiro atoms. The summed E-state index contributed by atoms with van der Waals surface area (Å²) in [6.45, 7) is 4.60. The van der Waals surface area contributed by atoms with Crippen LogP contribution in [-0.4, -0.2) is 47.8 Å². The number of rotatable bonds is 5. The van der Waals surface area contributed by atoms with Gasteiger partial charge in [-0.15, -0.1) is 0 Å². The smallest absolute Gasteiger partial charge is 0.151 e. The monoisotopic (exact) mass is 369 g/mol. The maximum absolute atomic E-state index is 8.71. The Labute approximate surface area is 159 Å². The quantitative estimate of drug-likeness (QED) is 0.457. The zero-order valence-corrected chi connectivity index (χ0v) is 15.8. The van der Waals surface area contributed by atoms with Gasteiger partial charge in [0.2, 0.25) is 0 Å². The highest BCUT2D eigenvalue weighted by Crippen LogP contribution is 2.24. The van der Waals surface area contributed by atoms with E-state index < -0.39 is 0 Å². The van der Waals surface area contributed by atoms with Gasteiger partial charge in [-0.3, -0.25) is 10.1 Å². The Morgan fingerprint density at radius 3 is 2.85 bits per heavy atom. The number of nitrogens with one attached hydrogen (secondary N) is 1. The van der Waals surface area contributed by atoms with E-state index >= 15 is 0 Å². The molecular weight excluding hydrogens is 342 g/mol. The van der Waals surface area contributed by atoms with Crippen LogP contribution < -0.4 is 22.1 Å². The molecule has 1 aromatic carbocycles. The van der Waals surface area contributed by atoms with Crippen LogP contribution in [0.25, 0.3) is 5.57 Å². The van der Waals surface area contributed by atoms with Crippen molar-refractivity contribution in [3.05, 3.63) is 47.3 Å². The van der Waals surface area contributed by atoms with Gasteiger partial charge in [0, 0.05) is 44.0 Å². The van der Waals surface area contributed by atoms with Crippen LogP contribution in [0.15, 0.2) is 30.5 Å². The Bertz CT molecular complexity index is 871.